The average molecular weight is 285 g/mol. The van der Waals surface area contributed by atoms with Crippen LogP contribution in [0.2, 0.25) is 0 Å². The van der Waals surface area contributed by atoms with Gasteiger partial charge in [-0.15, -0.1) is 6.42 Å². The molecule has 0 spiro atoms. The van der Waals surface area contributed by atoms with Crippen LogP contribution in [0.1, 0.15) is 30.0 Å². The molecule has 1 aliphatic heterocycles. The van der Waals surface area contributed by atoms with Crippen LogP contribution in [0, 0.1) is 18.2 Å². The Labute approximate surface area is 120 Å². The summed E-state index contributed by atoms with van der Waals surface area (Å²) in [5.41, 5.74) is 1.45. The van der Waals surface area contributed by atoms with E-state index in [0.717, 1.165) is 0 Å². The first kappa shape index (κ1) is 13.3. The van der Waals surface area contributed by atoms with Crippen LogP contribution >= 0.6 is 0 Å². The predicted octanol–water partition coefficient (Wildman–Crippen LogP) is 1.21. The molecule has 106 valence electrons. The van der Waals surface area contributed by atoms with Crippen molar-refractivity contribution in [3.8, 4) is 12.3 Å². The quantitative estimate of drug-likeness (QED) is 0.633. The van der Waals surface area contributed by atoms with Gasteiger partial charge in [-0.2, -0.15) is 5.10 Å². The Balaban J connectivity index is 2.21. The molecular formula is C15H12FN3O2. The average Bonchev–Trinajstić information content (AvgIpc) is 2.75. The Hall–Kier alpha value is -2.68. The predicted molar refractivity (Wildman–Crippen MR) is 73.7 cm³/mol. The summed E-state index contributed by atoms with van der Waals surface area (Å²) in [6, 6.07) is 2.58. The van der Waals surface area contributed by atoms with Crippen molar-refractivity contribution < 1.29 is 14.0 Å². The van der Waals surface area contributed by atoms with Crippen molar-refractivity contribution >= 4 is 22.7 Å². The number of hydrogen-bond donors (Lipinski definition) is 1. The maximum Gasteiger partial charge on any atom is 0.235 e. The van der Waals surface area contributed by atoms with Crippen molar-refractivity contribution in [1.29, 1.82) is 0 Å². The lowest BCUT2D eigenvalue weighted by molar-refractivity contribution is -0.134. The van der Waals surface area contributed by atoms with E-state index in [2.05, 4.69) is 16.3 Å². The van der Waals surface area contributed by atoms with Gasteiger partial charge in [0.05, 0.1) is 22.7 Å². The zero-order chi connectivity index (χ0) is 15.1. The minimum absolute atomic E-state index is 0.242. The van der Waals surface area contributed by atoms with Crippen molar-refractivity contribution in [3.05, 3.63) is 29.2 Å². The molecule has 1 aliphatic rings. The van der Waals surface area contributed by atoms with Crippen LogP contribution in [0.4, 0.5) is 4.39 Å². The molecule has 1 fully saturated rings. The summed E-state index contributed by atoms with van der Waals surface area (Å²) >= 11 is 0. The second-order valence-corrected chi connectivity index (χ2v) is 5.01. The number of benzene rings is 1. The van der Waals surface area contributed by atoms with Crippen molar-refractivity contribution in [2.45, 2.75) is 18.8 Å². The molecule has 2 heterocycles. The van der Waals surface area contributed by atoms with E-state index in [-0.39, 0.29) is 12.3 Å². The molecule has 0 bridgehead atoms. The van der Waals surface area contributed by atoms with Crippen LogP contribution in [0.5, 0.6) is 0 Å². The number of halogens is 1. The van der Waals surface area contributed by atoms with Gasteiger partial charge >= 0.3 is 0 Å². The molecular weight excluding hydrogens is 273 g/mol. The number of imide groups is 1. The number of terminal acetylenes is 1. The van der Waals surface area contributed by atoms with Gasteiger partial charge < -0.3 is 0 Å². The van der Waals surface area contributed by atoms with E-state index in [0.29, 0.717) is 28.6 Å². The summed E-state index contributed by atoms with van der Waals surface area (Å²) in [5.74, 6) is 0.681. The fourth-order valence-electron chi connectivity index (χ4n) is 2.73. The SMILES string of the molecule is C#Cc1cc(F)cc2c(C3CCC(=O)NC3=O)nn(C)c12. The number of carbonyl (C=O) groups is 2. The van der Waals surface area contributed by atoms with E-state index < -0.39 is 17.6 Å². The third kappa shape index (κ3) is 2.07. The third-order valence-electron chi connectivity index (χ3n) is 3.66. The number of amides is 2. The van der Waals surface area contributed by atoms with E-state index in [1.54, 1.807) is 11.7 Å². The topological polar surface area (TPSA) is 64.0 Å². The highest BCUT2D eigenvalue weighted by molar-refractivity contribution is 6.02. The van der Waals surface area contributed by atoms with E-state index in [1.807, 2.05) is 0 Å². The van der Waals surface area contributed by atoms with Crippen LogP contribution in [0.25, 0.3) is 10.9 Å². The molecule has 1 aromatic carbocycles. The Morgan fingerprint density at radius 2 is 2.24 bits per heavy atom. The van der Waals surface area contributed by atoms with Gasteiger partial charge in [0.2, 0.25) is 11.8 Å². The number of piperidine rings is 1. The van der Waals surface area contributed by atoms with Crippen molar-refractivity contribution in [2.24, 2.45) is 7.05 Å². The van der Waals surface area contributed by atoms with Gasteiger partial charge in [0, 0.05) is 18.9 Å². The van der Waals surface area contributed by atoms with Crippen LogP contribution in [-0.2, 0) is 16.6 Å². The first-order valence-corrected chi connectivity index (χ1v) is 6.47. The molecule has 0 radical (unpaired) electrons. The monoisotopic (exact) mass is 285 g/mol. The molecule has 0 aliphatic carbocycles. The minimum Gasteiger partial charge on any atom is -0.296 e. The smallest absolute Gasteiger partial charge is 0.235 e. The lowest BCUT2D eigenvalue weighted by Crippen LogP contribution is -2.39. The minimum atomic E-state index is -0.571. The zero-order valence-electron chi connectivity index (χ0n) is 11.3. The maximum absolute atomic E-state index is 13.7. The molecule has 2 aromatic rings. The molecule has 3 rings (SSSR count). The van der Waals surface area contributed by atoms with Crippen LogP contribution in [0.3, 0.4) is 0 Å². The highest BCUT2D eigenvalue weighted by atomic mass is 19.1. The number of carbonyl (C=O) groups excluding carboxylic acids is 2. The number of aromatic nitrogens is 2. The highest BCUT2D eigenvalue weighted by Gasteiger charge is 2.32. The number of nitrogens with one attached hydrogen (secondary N) is 1. The molecule has 1 atom stereocenters. The van der Waals surface area contributed by atoms with E-state index in [9.17, 15) is 14.0 Å². The third-order valence-corrected chi connectivity index (χ3v) is 3.66. The molecule has 21 heavy (non-hydrogen) atoms. The number of hydrogen-bond acceptors (Lipinski definition) is 3. The number of aryl methyl sites for hydroxylation is 1. The fraction of sp³-hybridized carbons (Fsp3) is 0.267. The van der Waals surface area contributed by atoms with Crippen LogP contribution in [0.15, 0.2) is 12.1 Å². The number of rotatable bonds is 1. The van der Waals surface area contributed by atoms with E-state index in [1.165, 1.54) is 12.1 Å². The van der Waals surface area contributed by atoms with Crippen LogP contribution in [-0.4, -0.2) is 21.6 Å². The Kier molecular flexibility index (Phi) is 2.98. The van der Waals surface area contributed by atoms with Gasteiger partial charge in [0.25, 0.3) is 0 Å². The summed E-state index contributed by atoms with van der Waals surface area (Å²) in [6.07, 6.45) is 6.01. The Morgan fingerprint density at radius 1 is 1.48 bits per heavy atom. The Bertz CT molecular complexity index is 816. The van der Waals surface area contributed by atoms with Crippen molar-refractivity contribution in [2.75, 3.05) is 0 Å². The van der Waals surface area contributed by atoms with Crippen LogP contribution < -0.4 is 5.32 Å². The molecule has 6 heteroatoms. The van der Waals surface area contributed by atoms with Crippen molar-refractivity contribution in [1.82, 2.24) is 15.1 Å². The van der Waals surface area contributed by atoms with E-state index in [4.69, 9.17) is 6.42 Å². The van der Waals surface area contributed by atoms with Gasteiger partial charge in [0.15, 0.2) is 0 Å². The highest BCUT2D eigenvalue weighted by Crippen LogP contribution is 2.31. The number of nitrogens with zero attached hydrogens (tertiary/aromatic N) is 2. The second-order valence-electron chi connectivity index (χ2n) is 5.01. The zero-order valence-corrected chi connectivity index (χ0v) is 11.3. The van der Waals surface area contributed by atoms with Gasteiger partial charge in [0.1, 0.15) is 5.82 Å². The summed E-state index contributed by atoms with van der Waals surface area (Å²) in [7, 11) is 1.69. The van der Waals surface area contributed by atoms with Gasteiger partial charge in [-0.25, -0.2) is 4.39 Å². The fourth-order valence-corrected chi connectivity index (χ4v) is 2.73. The molecule has 1 unspecified atom stereocenters. The lowest BCUT2D eigenvalue weighted by atomic mass is 9.92. The molecule has 1 N–H and O–H groups in total. The molecule has 0 saturated carbocycles. The summed E-state index contributed by atoms with van der Waals surface area (Å²) in [4.78, 5) is 23.2. The largest absolute Gasteiger partial charge is 0.296 e. The standard InChI is InChI=1S/C15H12FN3O2/c1-3-8-6-9(16)7-11-13(18-19(2)14(8)11)10-4-5-12(20)17-15(10)21/h1,6-7,10H,4-5H2,2H3,(H,17,20,21). The normalized spacial score (nSPS) is 18.6. The summed E-state index contributed by atoms with van der Waals surface area (Å²) in [5, 5.41) is 7.12. The first-order chi connectivity index (χ1) is 10.0. The first-order valence-electron chi connectivity index (χ1n) is 6.47. The van der Waals surface area contributed by atoms with Gasteiger partial charge in [-0.1, -0.05) is 5.92 Å². The molecule has 5 nitrogen and oxygen atoms in total. The van der Waals surface area contributed by atoms with Gasteiger partial charge in [-0.3, -0.25) is 19.6 Å². The lowest BCUT2D eigenvalue weighted by Gasteiger charge is -2.19. The molecule has 2 amide bonds. The maximum atomic E-state index is 13.7. The molecule has 1 saturated heterocycles. The Morgan fingerprint density at radius 3 is 2.90 bits per heavy atom. The summed E-state index contributed by atoms with van der Waals surface area (Å²) < 4.78 is 15.3. The molecule has 1 aromatic heterocycles. The second kappa shape index (κ2) is 4.70. The summed E-state index contributed by atoms with van der Waals surface area (Å²) in [6.45, 7) is 0. The van der Waals surface area contributed by atoms with Crippen molar-refractivity contribution in [3.63, 3.8) is 0 Å². The number of fused-ring (bicyclic) bond motifs is 1. The van der Waals surface area contributed by atoms with E-state index >= 15 is 0 Å². The van der Waals surface area contributed by atoms with Gasteiger partial charge in [-0.05, 0) is 18.6 Å².